The van der Waals surface area contributed by atoms with Crippen molar-refractivity contribution in [1.29, 1.82) is 0 Å². The summed E-state index contributed by atoms with van der Waals surface area (Å²) < 4.78 is 35.8. The lowest BCUT2D eigenvalue weighted by Crippen LogP contribution is -2.41. The monoisotopic (exact) mass is 597 g/mol. The second kappa shape index (κ2) is 22.1. The number of methoxy groups -OCH3 is 1. The summed E-state index contributed by atoms with van der Waals surface area (Å²) in [6.45, 7) is 8.87. The SMILES string of the molecule is CCCCCOC(=O)Oc1ccc(C[C@H](NCCOC(=O)OCCC(C)C)C(=O)OC)cc1OC(=O)OCCCCC. The minimum absolute atomic E-state index is 0.0284. The molecule has 0 radical (unpaired) electrons. The van der Waals surface area contributed by atoms with Gasteiger partial charge in [-0.2, -0.15) is 0 Å². The number of esters is 1. The van der Waals surface area contributed by atoms with Gasteiger partial charge in [-0.25, -0.2) is 14.4 Å². The molecule has 0 aliphatic rings. The van der Waals surface area contributed by atoms with Crippen LogP contribution in [0, 0.1) is 5.92 Å². The molecule has 1 rings (SSSR count). The summed E-state index contributed by atoms with van der Waals surface area (Å²) in [6, 6.07) is 3.69. The zero-order valence-corrected chi connectivity index (χ0v) is 25.6. The molecular weight excluding hydrogens is 550 g/mol. The van der Waals surface area contributed by atoms with Gasteiger partial charge in [-0.1, -0.05) is 59.4 Å². The Morgan fingerprint density at radius 2 is 1.31 bits per heavy atom. The molecule has 0 saturated carbocycles. The number of carbonyl (C=O) groups excluding carboxylic acids is 4. The van der Waals surface area contributed by atoms with Gasteiger partial charge in [-0.3, -0.25) is 4.79 Å². The topological polar surface area (TPSA) is 145 Å². The van der Waals surface area contributed by atoms with Gasteiger partial charge in [0.15, 0.2) is 11.5 Å². The number of nitrogens with one attached hydrogen (secondary N) is 1. The summed E-state index contributed by atoms with van der Waals surface area (Å²) in [4.78, 5) is 48.7. The lowest BCUT2D eigenvalue weighted by Gasteiger charge is -2.18. The fourth-order valence-corrected chi connectivity index (χ4v) is 3.50. The van der Waals surface area contributed by atoms with Crippen LogP contribution in [0.3, 0.4) is 0 Å². The van der Waals surface area contributed by atoms with Gasteiger partial charge in [0.05, 0.1) is 26.9 Å². The standard InChI is InChI=1S/C30H47NO11/c1-6-8-10-16-37-29(34)41-25-13-12-23(21-26(25)42-30(35)38-17-11-9-7-2)20-24(27(32)36-5)31-15-19-40-28(33)39-18-14-22(3)4/h12-13,21-22,24,31H,6-11,14-20H2,1-5H3/t24-/m0/s1. The molecule has 0 saturated heterocycles. The molecule has 0 heterocycles. The van der Waals surface area contributed by atoms with Gasteiger partial charge in [0.2, 0.25) is 0 Å². The Hall–Kier alpha value is -3.54. The molecule has 0 bridgehead atoms. The van der Waals surface area contributed by atoms with E-state index in [0.29, 0.717) is 24.3 Å². The van der Waals surface area contributed by atoms with Crippen molar-refractivity contribution in [2.24, 2.45) is 5.92 Å². The molecule has 0 unspecified atom stereocenters. The number of hydrogen-bond acceptors (Lipinski definition) is 12. The highest BCUT2D eigenvalue weighted by molar-refractivity contribution is 5.76. The van der Waals surface area contributed by atoms with Crippen LogP contribution in [-0.2, 0) is 34.9 Å². The van der Waals surface area contributed by atoms with Crippen molar-refractivity contribution in [3.8, 4) is 11.5 Å². The minimum atomic E-state index is -0.954. The molecule has 1 aromatic rings. The smallest absolute Gasteiger partial charge is 0.468 e. The number of rotatable bonds is 20. The highest BCUT2D eigenvalue weighted by Gasteiger charge is 2.22. The molecule has 0 aliphatic carbocycles. The van der Waals surface area contributed by atoms with Crippen molar-refractivity contribution in [2.75, 3.05) is 40.1 Å². The third-order valence-electron chi connectivity index (χ3n) is 5.88. The average molecular weight is 598 g/mol. The van der Waals surface area contributed by atoms with Crippen molar-refractivity contribution >= 4 is 24.4 Å². The van der Waals surface area contributed by atoms with Crippen LogP contribution in [0.5, 0.6) is 11.5 Å². The van der Waals surface area contributed by atoms with Crippen LogP contribution in [0.1, 0.15) is 78.2 Å². The largest absolute Gasteiger partial charge is 0.513 e. The van der Waals surface area contributed by atoms with E-state index in [0.717, 1.165) is 32.1 Å². The zero-order chi connectivity index (χ0) is 31.2. The highest BCUT2D eigenvalue weighted by atomic mass is 16.7. The molecule has 0 amide bonds. The van der Waals surface area contributed by atoms with Crippen molar-refractivity contribution in [1.82, 2.24) is 5.32 Å². The van der Waals surface area contributed by atoms with E-state index in [-0.39, 0.29) is 50.9 Å². The third-order valence-corrected chi connectivity index (χ3v) is 5.88. The second-order valence-electron chi connectivity index (χ2n) is 9.96. The van der Waals surface area contributed by atoms with Gasteiger partial charge in [0.25, 0.3) is 0 Å². The van der Waals surface area contributed by atoms with Crippen LogP contribution in [0.4, 0.5) is 14.4 Å². The normalized spacial score (nSPS) is 11.4. The predicted octanol–water partition coefficient (Wildman–Crippen LogP) is 5.97. The van der Waals surface area contributed by atoms with Crippen LogP contribution in [0.15, 0.2) is 18.2 Å². The molecular formula is C30H47NO11. The van der Waals surface area contributed by atoms with E-state index in [1.165, 1.54) is 19.2 Å². The summed E-state index contributed by atoms with van der Waals surface area (Å²) >= 11 is 0. The lowest BCUT2D eigenvalue weighted by molar-refractivity contribution is -0.143. The molecule has 0 spiro atoms. The Balaban J connectivity index is 2.88. The molecule has 42 heavy (non-hydrogen) atoms. The van der Waals surface area contributed by atoms with Crippen LogP contribution in [-0.4, -0.2) is 70.6 Å². The van der Waals surface area contributed by atoms with Crippen molar-refractivity contribution < 1.29 is 52.3 Å². The van der Waals surface area contributed by atoms with Crippen molar-refractivity contribution in [3.63, 3.8) is 0 Å². The first-order chi connectivity index (χ1) is 20.2. The van der Waals surface area contributed by atoms with E-state index >= 15 is 0 Å². The highest BCUT2D eigenvalue weighted by Crippen LogP contribution is 2.30. The fraction of sp³-hybridized carbons (Fsp3) is 0.667. The minimum Gasteiger partial charge on any atom is -0.468 e. The number of carbonyl (C=O) groups is 4. The first-order valence-electron chi connectivity index (χ1n) is 14.6. The summed E-state index contributed by atoms with van der Waals surface area (Å²) in [5.74, 6) is -0.276. The average Bonchev–Trinajstić information content (AvgIpc) is 2.95. The Labute approximate surface area is 248 Å². The van der Waals surface area contributed by atoms with Gasteiger partial charge >= 0.3 is 24.4 Å². The van der Waals surface area contributed by atoms with Gasteiger partial charge < -0.3 is 38.5 Å². The van der Waals surface area contributed by atoms with Crippen LogP contribution in [0.25, 0.3) is 0 Å². The van der Waals surface area contributed by atoms with Gasteiger partial charge in [0.1, 0.15) is 12.6 Å². The second-order valence-corrected chi connectivity index (χ2v) is 9.96. The number of benzene rings is 1. The molecule has 0 aliphatic heterocycles. The lowest BCUT2D eigenvalue weighted by atomic mass is 10.1. The molecule has 1 aromatic carbocycles. The Morgan fingerprint density at radius 1 is 0.738 bits per heavy atom. The Morgan fingerprint density at radius 3 is 1.88 bits per heavy atom. The van der Waals surface area contributed by atoms with E-state index in [4.69, 9.17) is 33.2 Å². The van der Waals surface area contributed by atoms with Crippen LogP contribution < -0.4 is 14.8 Å². The number of unbranched alkanes of at least 4 members (excludes halogenated alkanes) is 4. The zero-order valence-electron chi connectivity index (χ0n) is 25.6. The maximum atomic E-state index is 12.4. The quantitative estimate of drug-likeness (QED) is 0.0818. The van der Waals surface area contributed by atoms with Crippen molar-refractivity contribution in [3.05, 3.63) is 23.8 Å². The summed E-state index contributed by atoms with van der Waals surface area (Å²) in [6.07, 6.45) is 3.29. The first-order valence-corrected chi connectivity index (χ1v) is 14.6. The number of ether oxygens (including phenoxy) is 7. The maximum Gasteiger partial charge on any atom is 0.513 e. The molecule has 0 fully saturated rings. The van der Waals surface area contributed by atoms with Gasteiger partial charge in [-0.05, 0) is 49.3 Å². The van der Waals surface area contributed by atoms with Gasteiger partial charge in [-0.15, -0.1) is 0 Å². The van der Waals surface area contributed by atoms with E-state index in [2.05, 4.69) is 5.32 Å². The summed E-state index contributed by atoms with van der Waals surface area (Å²) in [5, 5.41) is 2.98. The summed E-state index contributed by atoms with van der Waals surface area (Å²) in [7, 11) is 1.26. The van der Waals surface area contributed by atoms with Gasteiger partial charge in [0, 0.05) is 6.54 Å². The maximum absolute atomic E-state index is 12.4. The number of hydrogen-bond donors (Lipinski definition) is 1. The van der Waals surface area contributed by atoms with E-state index in [1.54, 1.807) is 6.07 Å². The fourth-order valence-electron chi connectivity index (χ4n) is 3.50. The first kappa shape index (κ1) is 36.5. The Bertz CT molecular complexity index is 951. The van der Waals surface area contributed by atoms with E-state index < -0.39 is 30.5 Å². The van der Waals surface area contributed by atoms with E-state index in [9.17, 15) is 19.2 Å². The molecule has 1 N–H and O–H groups in total. The molecule has 12 heteroatoms. The Kier molecular flexibility index (Phi) is 19.2. The van der Waals surface area contributed by atoms with Crippen molar-refractivity contribution in [2.45, 2.75) is 85.1 Å². The van der Waals surface area contributed by atoms with Crippen LogP contribution >= 0.6 is 0 Å². The third kappa shape index (κ3) is 16.7. The summed E-state index contributed by atoms with van der Waals surface area (Å²) in [5.41, 5.74) is 0.560. The van der Waals surface area contributed by atoms with Crippen LogP contribution in [0.2, 0.25) is 0 Å². The molecule has 238 valence electrons. The van der Waals surface area contributed by atoms with E-state index in [1.807, 2.05) is 27.7 Å². The molecule has 1 atom stereocenters. The predicted molar refractivity (Wildman–Crippen MR) is 154 cm³/mol. The molecule has 0 aromatic heterocycles. The molecule has 12 nitrogen and oxygen atoms in total.